The summed E-state index contributed by atoms with van der Waals surface area (Å²) in [5.74, 6) is 0.817. The molecule has 0 N–H and O–H groups in total. The first kappa shape index (κ1) is 17.9. The Balaban J connectivity index is 1.49. The number of likely N-dealkylation sites (tertiary alicyclic amines) is 1. The fourth-order valence-corrected chi connectivity index (χ4v) is 9.92. The van der Waals surface area contributed by atoms with E-state index in [4.69, 9.17) is 9.47 Å². The third kappa shape index (κ3) is 1.55. The number of hydrogen-bond acceptors (Lipinski definition) is 5. The van der Waals surface area contributed by atoms with Gasteiger partial charge in [-0.3, -0.25) is 14.4 Å². The van der Waals surface area contributed by atoms with E-state index in [1.54, 1.807) is 6.92 Å². The highest BCUT2D eigenvalue weighted by Crippen LogP contribution is 2.83. The molecule has 1 amide bonds. The van der Waals surface area contributed by atoms with Crippen molar-refractivity contribution in [2.45, 2.75) is 64.2 Å². The van der Waals surface area contributed by atoms with Crippen LogP contribution in [0.1, 0.15) is 46.5 Å². The Morgan fingerprint density at radius 3 is 2.67 bits per heavy atom. The summed E-state index contributed by atoms with van der Waals surface area (Å²) >= 11 is 0. The smallest absolute Gasteiger partial charge is 0.302 e. The Morgan fingerprint density at radius 2 is 2.00 bits per heavy atom. The number of esters is 1. The zero-order chi connectivity index (χ0) is 20.8. The Morgan fingerprint density at radius 1 is 1.23 bits per heavy atom. The molecule has 7 bridgehead atoms. The molecule has 2 saturated heterocycles. The number of nitrogens with zero attached hydrogens (tertiary/aromatic N) is 1. The number of ether oxygens (including phenoxy) is 2. The topological polar surface area (TPSA) is 76.2 Å². The third-order valence-corrected chi connectivity index (χ3v) is 10.7. The second-order valence-electron chi connectivity index (χ2n) is 11.5. The van der Waals surface area contributed by atoms with Crippen LogP contribution >= 0.6 is 0 Å². The van der Waals surface area contributed by atoms with Crippen molar-refractivity contribution < 1.29 is 23.9 Å². The predicted molar refractivity (Wildman–Crippen MR) is 105 cm³/mol. The summed E-state index contributed by atoms with van der Waals surface area (Å²) in [6, 6.07) is -0.0241. The molecule has 6 heteroatoms. The van der Waals surface area contributed by atoms with Crippen LogP contribution < -0.4 is 0 Å². The summed E-state index contributed by atoms with van der Waals surface area (Å²) in [4.78, 5) is 41.2. The van der Waals surface area contributed by atoms with Crippen LogP contribution in [0, 0.1) is 39.9 Å². The van der Waals surface area contributed by atoms with Crippen molar-refractivity contribution >= 4 is 17.7 Å². The molecule has 30 heavy (non-hydrogen) atoms. The van der Waals surface area contributed by atoms with Gasteiger partial charge >= 0.3 is 5.97 Å². The number of Topliss-reactive ketones (excluding diaryl/α,β-unsaturated/α-hetero) is 1. The molecule has 10 atom stereocenters. The van der Waals surface area contributed by atoms with Crippen molar-refractivity contribution in [2.24, 2.45) is 39.9 Å². The van der Waals surface area contributed by atoms with Gasteiger partial charge in [-0.2, -0.15) is 0 Å². The molecule has 8 aliphatic rings. The van der Waals surface area contributed by atoms with E-state index in [2.05, 4.69) is 24.0 Å². The first-order valence-electron chi connectivity index (χ1n) is 11.5. The highest BCUT2D eigenvalue weighted by molar-refractivity contribution is 6.00. The molecular formula is C24H29NO5. The molecule has 0 aromatic carbocycles. The van der Waals surface area contributed by atoms with E-state index >= 15 is 0 Å². The SMILES string of the molecule is CC(=O)OC1CCC2(C)CN(C(C)=O)C3[C@@H]4C[C@H]2C13C1CC2C=C[C@@]14C(=O)[C@]21CO1. The summed E-state index contributed by atoms with van der Waals surface area (Å²) in [6.07, 6.45) is 7.85. The quantitative estimate of drug-likeness (QED) is 0.375. The molecule has 0 aromatic heterocycles. The molecule has 6 unspecified atom stereocenters. The van der Waals surface area contributed by atoms with E-state index in [0.29, 0.717) is 12.5 Å². The van der Waals surface area contributed by atoms with Gasteiger partial charge in [-0.25, -0.2) is 0 Å². The van der Waals surface area contributed by atoms with Crippen molar-refractivity contribution in [2.75, 3.05) is 13.2 Å². The van der Waals surface area contributed by atoms with Crippen LogP contribution in [0.5, 0.6) is 0 Å². The van der Waals surface area contributed by atoms with Gasteiger partial charge in [0.05, 0.1) is 12.0 Å². The Hall–Kier alpha value is -1.69. The molecule has 6 fully saturated rings. The normalized spacial score (nSPS) is 58.2. The Kier molecular flexibility index (Phi) is 2.91. The van der Waals surface area contributed by atoms with Gasteiger partial charge in [0.15, 0.2) is 11.4 Å². The number of carbonyl (C=O) groups excluding carboxylic acids is 3. The first-order valence-corrected chi connectivity index (χ1v) is 11.5. The highest BCUT2D eigenvalue weighted by Gasteiger charge is 2.88. The molecule has 2 aliphatic heterocycles. The number of carbonyl (C=O) groups is 3. The summed E-state index contributed by atoms with van der Waals surface area (Å²) in [7, 11) is 0. The fourth-order valence-electron chi connectivity index (χ4n) is 9.92. The zero-order valence-electron chi connectivity index (χ0n) is 17.8. The highest BCUT2D eigenvalue weighted by atomic mass is 16.6. The van der Waals surface area contributed by atoms with E-state index in [1.807, 2.05) is 0 Å². The van der Waals surface area contributed by atoms with Crippen LogP contribution in [0.2, 0.25) is 0 Å². The molecule has 0 radical (unpaired) electrons. The largest absolute Gasteiger partial charge is 0.462 e. The van der Waals surface area contributed by atoms with Gasteiger partial charge in [0.25, 0.3) is 0 Å². The van der Waals surface area contributed by atoms with Crippen LogP contribution in [-0.4, -0.2) is 53.5 Å². The van der Waals surface area contributed by atoms with Gasteiger partial charge in [-0.15, -0.1) is 0 Å². The molecule has 160 valence electrons. The molecule has 3 spiro atoms. The van der Waals surface area contributed by atoms with E-state index in [-0.39, 0.29) is 58.4 Å². The number of hydrogen-bond donors (Lipinski definition) is 0. The lowest BCUT2D eigenvalue weighted by molar-refractivity contribution is -0.220. The van der Waals surface area contributed by atoms with Gasteiger partial charge in [0.2, 0.25) is 5.91 Å². The van der Waals surface area contributed by atoms with Crippen LogP contribution in [-0.2, 0) is 23.9 Å². The van der Waals surface area contributed by atoms with E-state index in [9.17, 15) is 14.4 Å². The van der Waals surface area contributed by atoms with E-state index < -0.39 is 11.0 Å². The Labute approximate surface area is 176 Å². The predicted octanol–water partition coefficient (Wildman–Crippen LogP) is 2.12. The van der Waals surface area contributed by atoms with Crippen LogP contribution in [0.4, 0.5) is 0 Å². The summed E-state index contributed by atoms with van der Waals surface area (Å²) in [5, 5.41) is 0. The minimum atomic E-state index is -0.615. The maximum absolute atomic E-state index is 14.0. The van der Waals surface area contributed by atoms with Crippen molar-refractivity contribution in [3.05, 3.63) is 12.2 Å². The molecule has 8 rings (SSSR count). The van der Waals surface area contributed by atoms with Gasteiger partial charge in [0.1, 0.15) is 6.10 Å². The lowest BCUT2D eigenvalue weighted by Crippen LogP contribution is -2.70. The minimum Gasteiger partial charge on any atom is -0.462 e. The Bertz CT molecular complexity index is 953. The second-order valence-corrected chi connectivity index (χ2v) is 11.5. The lowest BCUT2D eigenvalue weighted by Gasteiger charge is -2.66. The van der Waals surface area contributed by atoms with E-state index in [0.717, 1.165) is 32.2 Å². The summed E-state index contributed by atoms with van der Waals surface area (Å²) in [5.41, 5.74) is -1.48. The summed E-state index contributed by atoms with van der Waals surface area (Å²) in [6.45, 7) is 6.77. The average molecular weight is 411 g/mol. The van der Waals surface area contributed by atoms with Crippen molar-refractivity contribution in [3.8, 4) is 0 Å². The van der Waals surface area contributed by atoms with Crippen LogP contribution in [0.25, 0.3) is 0 Å². The van der Waals surface area contributed by atoms with Gasteiger partial charge < -0.3 is 14.4 Å². The molecule has 6 nitrogen and oxygen atoms in total. The molecule has 0 aromatic rings. The summed E-state index contributed by atoms with van der Waals surface area (Å²) < 4.78 is 11.9. The lowest BCUT2D eigenvalue weighted by atomic mass is 9.40. The van der Waals surface area contributed by atoms with Gasteiger partial charge in [-0.1, -0.05) is 19.1 Å². The number of amides is 1. The number of rotatable bonds is 1. The minimum absolute atomic E-state index is 0.0202. The third-order valence-electron chi connectivity index (χ3n) is 10.7. The maximum atomic E-state index is 14.0. The fraction of sp³-hybridized carbons (Fsp3) is 0.792. The maximum Gasteiger partial charge on any atom is 0.302 e. The molecule has 4 saturated carbocycles. The molecule has 2 heterocycles. The number of epoxide rings is 1. The van der Waals surface area contributed by atoms with Gasteiger partial charge in [-0.05, 0) is 48.9 Å². The molecular weight excluding hydrogens is 382 g/mol. The van der Waals surface area contributed by atoms with Gasteiger partial charge in [0, 0.05) is 37.8 Å². The average Bonchev–Trinajstić information content (AvgIpc) is 3.37. The second kappa shape index (κ2) is 4.87. The van der Waals surface area contributed by atoms with Crippen LogP contribution in [0.3, 0.4) is 0 Å². The van der Waals surface area contributed by atoms with Crippen molar-refractivity contribution in [1.82, 2.24) is 4.90 Å². The standard InChI is InChI=1S/C24H29NO5/c1-12(26)25-10-21(3)6-5-18(30-13(2)27)24-16(21)9-15(19(24)25)22-7-4-14(8-17(22)24)23(11-29-23)20(22)28/h4,7,14-19H,5-6,8-11H2,1-3H3/t14?,15-,16+,17?,18?,19?,21?,22-,23-,24?/m0/s1. The number of ketones is 1. The monoisotopic (exact) mass is 411 g/mol. The van der Waals surface area contributed by atoms with E-state index in [1.165, 1.54) is 6.92 Å². The number of piperidine rings is 1. The number of allylic oxidation sites excluding steroid dienone is 1. The first-order chi connectivity index (χ1) is 14.2. The van der Waals surface area contributed by atoms with Crippen molar-refractivity contribution in [3.63, 3.8) is 0 Å². The molecule has 6 aliphatic carbocycles. The van der Waals surface area contributed by atoms with Crippen molar-refractivity contribution in [1.29, 1.82) is 0 Å². The zero-order valence-corrected chi connectivity index (χ0v) is 17.8. The van der Waals surface area contributed by atoms with Crippen LogP contribution in [0.15, 0.2) is 12.2 Å².